The monoisotopic (exact) mass is 371 g/mol. The summed E-state index contributed by atoms with van der Waals surface area (Å²) in [6.07, 6.45) is 8.84. The number of imidazole rings is 2. The van der Waals surface area contributed by atoms with Crippen molar-refractivity contribution in [3.8, 4) is 0 Å². The summed E-state index contributed by atoms with van der Waals surface area (Å²) in [6.45, 7) is 6.71. The van der Waals surface area contributed by atoms with Gasteiger partial charge in [-0.25, -0.2) is 4.79 Å². The molecule has 0 spiro atoms. The molecule has 1 saturated carbocycles. The molecule has 1 aliphatic carbocycles. The average Bonchev–Trinajstić information content (AvgIpc) is 3.14. The molecule has 0 bridgehead atoms. The Bertz CT molecular complexity index is 1110. The Morgan fingerprint density at radius 2 is 1.89 bits per heavy atom. The van der Waals surface area contributed by atoms with Crippen molar-refractivity contribution in [2.24, 2.45) is 13.0 Å². The van der Waals surface area contributed by atoms with Crippen molar-refractivity contribution in [3.63, 3.8) is 0 Å². The van der Waals surface area contributed by atoms with E-state index in [0.29, 0.717) is 29.7 Å². The second kappa shape index (κ2) is 6.69. The molecule has 4 rings (SSSR count). The third-order valence-corrected chi connectivity index (χ3v) is 5.94. The van der Waals surface area contributed by atoms with Crippen LogP contribution in [0.4, 0.5) is 0 Å². The summed E-state index contributed by atoms with van der Waals surface area (Å²) in [7, 11) is 1.71. The molecule has 3 heterocycles. The van der Waals surface area contributed by atoms with Crippen molar-refractivity contribution < 1.29 is 0 Å². The topological polar surface area (TPSA) is 66.2 Å². The molecule has 3 aromatic heterocycles. The van der Waals surface area contributed by atoms with Crippen LogP contribution in [-0.4, -0.2) is 23.1 Å². The molecule has 0 aromatic carbocycles. The van der Waals surface area contributed by atoms with Gasteiger partial charge in [0.1, 0.15) is 0 Å². The van der Waals surface area contributed by atoms with E-state index in [-0.39, 0.29) is 11.2 Å². The second-order valence-electron chi connectivity index (χ2n) is 8.37. The highest BCUT2D eigenvalue weighted by molar-refractivity contribution is 5.75. The van der Waals surface area contributed by atoms with Crippen LogP contribution in [-0.2, 0) is 13.6 Å². The first-order chi connectivity index (χ1) is 12.9. The average molecular weight is 371 g/mol. The van der Waals surface area contributed by atoms with Crippen LogP contribution in [0.1, 0.15) is 64.1 Å². The van der Waals surface area contributed by atoms with Crippen LogP contribution >= 0.6 is 0 Å². The predicted octanol–water partition coefficient (Wildman–Crippen LogP) is 3.01. The lowest BCUT2D eigenvalue weighted by atomic mass is 9.95. The van der Waals surface area contributed by atoms with Gasteiger partial charge in [0, 0.05) is 31.5 Å². The lowest BCUT2D eigenvalue weighted by molar-refractivity contribution is 0.355. The van der Waals surface area contributed by atoms with E-state index in [4.69, 9.17) is 4.98 Å². The summed E-state index contributed by atoms with van der Waals surface area (Å²) >= 11 is 0. The molecule has 1 aliphatic rings. The zero-order valence-corrected chi connectivity index (χ0v) is 16.7. The molecule has 1 fully saturated rings. The second-order valence-corrected chi connectivity index (χ2v) is 8.37. The first-order valence-corrected chi connectivity index (χ1v) is 10.1. The lowest BCUT2D eigenvalue weighted by Crippen LogP contribution is -2.39. The summed E-state index contributed by atoms with van der Waals surface area (Å²) < 4.78 is 7.04. The highest BCUT2D eigenvalue weighted by Crippen LogP contribution is 2.31. The smallest absolute Gasteiger partial charge is 0.311 e. The summed E-state index contributed by atoms with van der Waals surface area (Å²) in [5.41, 5.74) is 1.59. The van der Waals surface area contributed by atoms with E-state index in [1.165, 1.54) is 28.4 Å². The molecule has 0 aliphatic heterocycles. The molecular formula is C20H29N5O2. The Balaban J connectivity index is 1.96. The van der Waals surface area contributed by atoms with Crippen molar-refractivity contribution in [1.82, 2.24) is 23.1 Å². The van der Waals surface area contributed by atoms with Crippen molar-refractivity contribution in [3.05, 3.63) is 32.7 Å². The Morgan fingerprint density at radius 1 is 1.19 bits per heavy atom. The van der Waals surface area contributed by atoms with E-state index < -0.39 is 0 Å². The fourth-order valence-electron chi connectivity index (χ4n) is 4.40. The third-order valence-electron chi connectivity index (χ3n) is 5.94. The Kier molecular flexibility index (Phi) is 4.48. The maximum absolute atomic E-state index is 13.2. The number of hydrogen-bond acceptors (Lipinski definition) is 3. The van der Waals surface area contributed by atoms with Crippen LogP contribution in [0, 0.1) is 12.8 Å². The number of aryl methyl sites for hydroxylation is 2. The maximum Gasteiger partial charge on any atom is 0.332 e. The van der Waals surface area contributed by atoms with Gasteiger partial charge < -0.3 is 4.57 Å². The summed E-state index contributed by atoms with van der Waals surface area (Å²) in [4.78, 5) is 30.6. The highest BCUT2D eigenvalue weighted by atomic mass is 16.2. The number of nitrogens with zero attached hydrogens (tertiary/aromatic N) is 5. The maximum atomic E-state index is 13.2. The minimum atomic E-state index is -0.283. The number of fused-ring (bicyclic) bond motifs is 3. The van der Waals surface area contributed by atoms with E-state index in [9.17, 15) is 9.59 Å². The van der Waals surface area contributed by atoms with E-state index in [2.05, 4.69) is 25.3 Å². The lowest BCUT2D eigenvalue weighted by Gasteiger charge is -2.24. The molecule has 0 radical (unpaired) electrons. The Morgan fingerprint density at radius 3 is 2.56 bits per heavy atom. The fourth-order valence-corrected chi connectivity index (χ4v) is 4.40. The summed E-state index contributed by atoms with van der Waals surface area (Å²) in [5, 5.41) is 0. The number of rotatable bonds is 4. The molecule has 27 heavy (non-hydrogen) atoms. The fraction of sp³-hybridized carbons (Fsp3) is 0.650. The Hall–Kier alpha value is -2.31. The molecular weight excluding hydrogens is 342 g/mol. The summed E-state index contributed by atoms with van der Waals surface area (Å²) in [6, 6.07) is 0.424. The first kappa shape index (κ1) is 18.1. The quantitative estimate of drug-likeness (QED) is 0.708. The minimum Gasteiger partial charge on any atom is -0.311 e. The first-order valence-electron chi connectivity index (χ1n) is 10.1. The van der Waals surface area contributed by atoms with Gasteiger partial charge >= 0.3 is 5.69 Å². The molecule has 0 N–H and O–H groups in total. The van der Waals surface area contributed by atoms with E-state index >= 15 is 0 Å². The minimum absolute atomic E-state index is 0.234. The zero-order chi connectivity index (χ0) is 19.3. The van der Waals surface area contributed by atoms with Crippen molar-refractivity contribution >= 4 is 16.9 Å². The van der Waals surface area contributed by atoms with Crippen LogP contribution in [0.3, 0.4) is 0 Å². The third kappa shape index (κ3) is 2.84. The summed E-state index contributed by atoms with van der Waals surface area (Å²) in [5.74, 6) is 1.21. The molecule has 0 saturated heterocycles. The van der Waals surface area contributed by atoms with Crippen LogP contribution in [0.25, 0.3) is 16.9 Å². The van der Waals surface area contributed by atoms with Crippen LogP contribution < -0.4 is 11.2 Å². The molecule has 0 unspecified atom stereocenters. The van der Waals surface area contributed by atoms with Gasteiger partial charge in [-0.05, 0) is 32.1 Å². The molecule has 3 aromatic rings. The van der Waals surface area contributed by atoms with Crippen LogP contribution in [0.2, 0.25) is 0 Å². The van der Waals surface area contributed by atoms with Crippen molar-refractivity contribution in [2.45, 2.75) is 71.9 Å². The van der Waals surface area contributed by atoms with E-state index in [1.807, 2.05) is 10.6 Å². The van der Waals surface area contributed by atoms with Crippen molar-refractivity contribution in [1.29, 1.82) is 0 Å². The van der Waals surface area contributed by atoms with Gasteiger partial charge in [0.25, 0.3) is 5.56 Å². The van der Waals surface area contributed by atoms with E-state index in [0.717, 1.165) is 30.7 Å². The SMILES string of the molecule is Cc1cn2c3c(=O)n(CCC(C)C)c(=O)n(C)c3nc2n1C1CCCCC1. The predicted molar refractivity (Wildman–Crippen MR) is 107 cm³/mol. The zero-order valence-electron chi connectivity index (χ0n) is 16.7. The van der Waals surface area contributed by atoms with Gasteiger partial charge in [0.05, 0.1) is 0 Å². The van der Waals surface area contributed by atoms with Gasteiger partial charge in [-0.2, -0.15) is 4.98 Å². The number of hydrogen-bond donors (Lipinski definition) is 0. The molecule has 0 amide bonds. The van der Waals surface area contributed by atoms with Gasteiger partial charge in [0.2, 0.25) is 5.78 Å². The normalized spacial score (nSPS) is 16.2. The molecule has 7 heteroatoms. The van der Waals surface area contributed by atoms with Gasteiger partial charge in [0.15, 0.2) is 11.2 Å². The van der Waals surface area contributed by atoms with Gasteiger partial charge in [-0.1, -0.05) is 33.1 Å². The van der Waals surface area contributed by atoms with Crippen molar-refractivity contribution in [2.75, 3.05) is 0 Å². The van der Waals surface area contributed by atoms with E-state index in [1.54, 1.807) is 7.05 Å². The molecule has 7 nitrogen and oxygen atoms in total. The number of aromatic nitrogens is 5. The Labute approximate surface area is 158 Å². The molecule has 146 valence electrons. The largest absolute Gasteiger partial charge is 0.332 e. The standard InChI is InChI=1S/C20H29N5O2/c1-13(2)10-11-23-18(26)16-17(22(4)20(23)27)21-19-24(16)12-14(3)25(19)15-8-6-5-7-9-15/h12-13,15H,5-11H2,1-4H3. The highest BCUT2D eigenvalue weighted by Gasteiger charge is 2.24. The van der Waals surface area contributed by atoms with Gasteiger partial charge in [-0.15, -0.1) is 0 Å². The van der Waals surface area contributed by atoms with Gasteiger partial charge in [-0.3, -0.25) is 18.3 Å². The van der Waals surface area contributed by atoms with Crippen LogP contribution in [0.5, 0.6) is 0 Å². The molecule has 0 atom stereocenters. The van der Waals surface area contributed by atoms with Crippen LogP contribution in [0.15, 0.2) is 15.8 Å².